The Kier molecular flexibility index (Phi) is 8.69. The van der Waals surface area contributed by atoms with Gasteiger partial charge in [-0.1, -0.05) is 6.07 Å². The zero-order chi connectivity index (χ0) is 17.6. The fourth-order valence-corrected chi connectivity index (χ4v) is 2.56. The molecule has 1 aliphatic heterocycles. The van der Waals surface area contributed by atoms with E-state index in [1.165, 1.54) is 4.90 Å². The molecule has 0 aliphatic carbocycles. The predicted molar refractivity (Wildman–Crippen MR) is 100 cm³/mol. The van der Waals surface area contributed by atoms with E-state index in [9.17, 15) is 13.2 Å². The van der Waals surface area contributed by atoms with Crippen molar-refractivity contribution in [3.05, 3.63) is 23.9 Å². The van der Waals surface area contributed by atoms with Crippen molar-refractivity contribution < 1.29 is 17.9 Å². The van der Waals surface area contributed by atoms with Crippen LogP contribution in [0.2, 0.25) is 0 Å². The average molecular weight is 473 g/mol. The van der Waals surface area contributed by atoms with Crippen molar-refractivity contribution in [2.75, 3.05) is 33.8 Å². The third kappa shape index (κ3) is 7.63. The molecule has 0 saturated carbocycles. The largest absolute Gasteiger partial charge is 0.481 e. The van der Waals surface area contributed by atoms with Crippen molar-refractivity contribution >= 4 is 29.9 Å². The number of rotatable bonds is 5. The van der Waals surface area contributed by atoms with E-state index in [1.54, 1.807) is 26.4 Å². The average Bonchev–Trinajstić information content (AvgIpc) is 2.96. The molecule has 1 saturated heterocycles. The molecular formula is C15H23F3IN5O. The molecule has 1 atom stereocenters. The van der Waals surface area contributed by atoms with E-state index in [-0.39, 0.29) is 30.0 Å². The number of nitrogens with zero attached hydrogens (tertiary/aromatic N) is 3. The summed E-state index contributed by atoms with van der Waals surface area (Å²) in [5.74, 6) is 1.10. The standard InChI is InChI=1S/C15H22F3N5O.HI/c1-19-14(21-8-11-3-4-13(24-2)20-7-11)22-12-5-6-23(9-12)10-15(16,17)18;/h3-4,7,12H,5-6,8-10H2,1-2H3,(H2,19,21,22);1H. The number of alkyl halides is 3. The first-order valence-electron chi connectivity index (χ1n) is 7.65. The Morgan fingerprint density at radius 3 is 2.76 bits per heavy atom. The van der Waals surface area contributed by atoms with Gasteiger partial charge >= 0.3 is 6.18 Å². The number of ether oxygens (including phenoxy) is 1. The van der Waals surface area contributed by atoms with Crippen LogP contribution in [0.3, 0.4) is 0 Å². The number of methoxy groups -OCH3 is 1. The molecule has 2 N–H and O–H groups in total. The van der Waals surface area contributed by atoms with Gasteiger partial charge in [-0.05, 0) is 12.0 Å². The second-order valence-corrected chi connectivity index (χ2v) is 5.61. The SMILES string of the molecule is CN=C(NCc1ccc(OC)nc1)NC1CCN(CC(F)(F)F)C1.I. The number of likely N-dealkylation sites (tertiary alicyclic amines) is 1. The number of guanidine groups is 1. The molecule has 2 heterocycles. The lowest BCUT2D eigenvalue weighted by molar-refractivity contribution is -0.143. The quantitative estimate of drug-likeness (QED) is 0.390. The van der Waals surface area contributed by atoms with Crippen molar-refractivity contribution in [1.82, 2.24) is 20.5 Å². The van der Waals surface area contributed by atoms with E-state index in [2.05, 4.69) is 20.6 Å². The highest BCUT2D eigenvalue weighted by Gasteiger charge is 2.34. The minimum atomic E-state index is -4.16. The highest BCUT2D eigenvalue weighted by Crippen LogP contribution is 2.19. The maximum atomic E-state index is 12.4. The smallest absolute Gasteiger partial charge is 0.401 e. The van der Waals surface area contributed by atoms with Gasteiger partial charge in [-0.2, -0.15) is 13.2 Å². The molecule has 1 aromatic rings. The van der Waals surface area contributed by atoms with Crippen LogP contribution in [0.15, 0.2) is 23.3 Å². The minimum Gasteiger partial charge on any atom is -0.481 e. The second-order valence-electron chi connectivity index (χ2n) is 5.61. The number of hydrogen-bond acceptors (Lipinski definition) is 4. The van der Waals surface area contributed by atoms with Gasteiger partial charge < -0.3 is 15.4 Å². The van der Waals surface area contributed by atoms with Gasteiger partial charge in [0.1, 0.15) is 0 Å². The third-order valence-corrected chi connectivity index (χ3v) is 3.71. The molecule has 25 heavy (non-hydrogen) atoms. The molecule has 0 radical (unpaired) electrons. The highest BCUT2D eigenvalue weighted by atomic mass is 127. The van der Waals surface area contributed by atoms with Gasteiger partial charge in [0.2, 0.25) is 5.88 Å². The Morgan fingerprint density at radius 2 is 2.20 bits per heavy atom. The zero-order valence-electron chi connectivity index (χ0n) is 14.1. The van der Waals surface area contributed by atoms with Crippen LogP contribution < -0.4 is 15.4 Å². The van der Waals surface area contributed by atoms with Crippen LogP contribution in [0, 0.1) is 0 Å². The summed E-state index contributed by atoms with van der Waals surface area (Å²) in [4.78, 5) is 9.62. The second kappa shape index (κ2) is 10.00. The van der Waals surface area contributed by atoms with Crippen molar-refractivity contribution in [3.8, 4) is 5.88 Å². The number of hydrogen-bond donors (Lipinski definition) is 2. The van der Waals surface area contributed by atoms with Gasteiger partial charge in [0.15, 0.2) is 5.96 Å². The van der Waals surface area contributed by atoms with Crippen LogP contribution in [-0.4, -0.2) is 61.9 Å². The van der Waals surface area contributed by atoms with Crippen LogP contribution in [0.1, 0.15) is 12.0 Å². The van der Waals surface area contributed by atoms with Gasteiger partial charge in [0.05, 0.1) is 13.7 Å². The normalized spacial score (nSPS) is 18.6. The number of aliphatic imine (C=N–C) groups is 1. The fraction of sp³-hybridized carbons (Fsp3) is 0.600. The molecule has 6 nitrogen and oxygen atoms in total. The first-order chi connectivity index (χ1) is 11.4. The molecule has 0 bridgehead atoms. The summed E-state index contributed by atoms with van der Waals surface area (Å²) in [7, 11) is 3.18. The van der Waals surface area contributed by atoms with E-state index in [0.717, 1.165) is 5.56 Å². The van der Waals surface area contributed by atoms with Crippen molar-refractivity contribution in [2.45, 2.75) is 25.2 Å². The topological polar surface area (TPSA) is 61.8 Å². The van der Waals surface area contributed by atoms with Crippen LogP contribution in [0.4, 0.5) is 13.2 Å². The van der Waals surface area contributed by atoms with Gasteiger partial charge in [-0.3, -0.25) is 9.89 Å². The fourth-order valence-electron chi connectivity index (χ4n) is 2.56. The van der Waals surface area contributed by atoms with Gasteiger partial charge in [0, 0.05) is 45.0 Å². The van der Waals surface area contributed by atoms with Crippen LogP contribution in [0.25, 0.3) is 0 Å². The molecule has 142 valence electrons. The summed E-state index contributed by atoms with van der Waals surface area (Å²) in [6, 6.07) is 3.60. The van der Waals surface area contributed by atoms with E-state index >= 15 is 0 Å². The van der Waals surface area contributed by atoms with Crippen molar-refractivity contribution in [1.29, 1.82) is 0 Å². The third-order valence-electron chi connectivity index (χ3n) is 3.71. The van der Waals surface area contributed by atoms with Crippen LogP contribution >= 0.6 is 24.0 Å². The molecule has 1 fully saturated rings. The monoisotopic (exact) mass is 473 g/mol. The minimum absolute atomic E-state index is 0. The Morgan fingerprint density at radius 1 is 1.44 bits per heavy atom. The van der Waals surface area contributed by atoms with Gasteiger partial charge in [-0.15, -0.1) is 24.0 Å². The number of pyridine rings is 1. The number of aromatic nitrogens is 1. The highest BCUT2D eigenvalue weighted by molar-refractivity contribution is 14.0. The summed E-state index contributed by atoms with van der Waals surface area (Å²) in [5, 5.41) is 6.29. The van der Waals surface area contributed by atoms with E-state index in [4.69, 9.17) is 4.74 Å². The maximum absolute atomic E-state index is 12.4. The molecule has 2 rings (SSSR count). The first-order valence-corrected chi connectivity index (χ1v) is 7.65. The van der Waals surface area contributed by atoms with E-state index < -0.39 is 12.7 Å². The summed E-state index contributed by atoms with van der Waals surface area (Å²) in [6.45, 7) is 0.422. The first kappa shape index (κ1) is 21.7. The molecule has 0 amide bonds. The Hall–Kier alpha value is -1.30. The summed E-state index contributed by atoms with van der Waals surface area (Å²) >= 11 is 0. The zero-order valence-corrected chi connectivity index (χ0v) is 16.5. The van der Waals surface area contributed by atoms with Gasteiger partial charge in [-0.25, -0.2) is 4.98 Å². The lowest BCUT2D eigenvalue weighted by atomic mass is 10.2. The number of halogens is 4. The lowest BCUT2D eigenvalue weighted by Crippen LogP contribution is -2.44. The maximum Gasteiger partial charge on any atom is 0.401 e. The molecule has 0 spiro atoms. The number of nitrogens with one attached hydrogen (secondary N) is 2. The van der Waals surface area contributed by atoms with Gasteiger partial charge in [0.25, 0.3) is 0 Å². The van der Waals surface area contributed by atoms with E-state index in [1.807, 2.05) is 6.07 Å². The van der Waals surface area contributed by atoms with E-state index in [0.29, 0.717) is 37.9 Å². The Labute approximate surface area is 162 Å². The van der Waals surface area contributed by atoms with Crippen molar-refractivity contribution in [2.24, 2.45) is 4.99 Å². The summed E-state index contributed by atoms with van der Waals surface area (Å²) in [6.07, 6.45) is -1.81. The van der Waals surface area contributed by atoms with Crippen LogP contribution in [0.5, 0.6) is 5.88 Å². The Balaban J connectivity index is 0.00000312. The molecule has 1 aliphatic rings. The lowest BCUT2D eigenvalue weighted by Gasteiger charge is -2.19. The molecule has 0 aromatic carbocycles. The predicted octanol–water partition coefficient (Wildman–Crippen LogP) is 2.01. The molecule has 1 unspecified atom stereocenters. The molecular weight excluding hydrogens is 450 g/mol. The summed E-state index contributed by atoms with van der Waals surface area (Å²) < 4.78 is 42.2. The Bertz CT molecular complexity index is 553. The van der Waals surface area contributed by atoms with Crippen LogP contribution in [-0.2, 0) is 6.54 Å². The molecule has 1 aromatic heterocycles. The summed E-state index contributed by atoms with van der Waals surface area (Å²) in [5.41, 5.74) is 0.948. The molecule has 10 heteroatoms. The van der Waals surface area contributed by atoms with Crippen molar-refractivity contribution in [3.63, 3.8) is 0 Å².